The number of carbonyl (C=O) groups is 1. The molecular weight excluding hydrogens is 259 g/mol. The Morgan fingerprint density at radius 2 is 2.35 bits per heavy atom. The summed E-state index contributed by atoms with van der Waals surface area (Å²) in [5.74, 6) is -0.333. The molecule has 2 rings (SSSR count). The van der Waals surface area contributed by atoms with Gasteiger partial charge in [0.05, 0.1) is 12.0 Å². The van der Waals surface area contributed by atoms with Crippen LogP contribution < -0.4 is 15.4 Å². The van der Waals surface area contributed by atoms with Gasteiger partial charge in [-0.15, -0.1) is 0 Å². The standard InChI is InChI=1S/C15H21FN2O2/c1-3-20-13-6-5-11(9-12(13)16)18-14(19)15(2)7-4-8-17-10-15/h5-6,9,17H,3-4,7-8,10H2,1-2H3,(H,18,19). The number of ether oxygens (including phenoxy) is 1. The van der Waals surface area contributed by atoms with Gasteiger partial charge in [0, 0.05) is 18.3 Å². The van der Waals surface area contributed by atoms with E-state index in [-0.39, 0.29) is 11.7 Å². The molecule has 1 amide bonds. The van der Waals surface area contributed by atoms with Crippen LogP contribution >= 0.6 is 0 Å². The molecule has 0 bridgehead atoms. The van der Waals surface area contributed by atoms with E-state index >= 15 is 0 Å². The first kappa shape index (κ1) is 14.8. The summed E-state index contributed by atoms with van der Waals surface area (Å²) in [6.45, 7) is 5.73. The Morgan fingerprint density at radius 1 is 1.55 bits per heavy atom. The first-order valence-corrected chi connectivity index (χ1v) is 7.00. The molecule has 110 valence electrons. The quantitative estimate of drug-likeness (QED) is 0.891. The van der Waals surface area contributed by atoms with E-state index < -0.39 is 11.2 Å². The number of nitrogens with one attached hydrogen (secondary N) is 2. The van der Waals surface area contributed by atoms with E-state index in [0.717, 1.165) is 19.4 Å². The van der Waals surface area contributed by atoms with Crippen LogP contribution in [0.4, 0.5) is 10.1 Å². The third kappa shape index (κ3) is 3.28. The van der Waals surface area contributed by atoms with Gasteiger partial charge in [-0.2, -0.15) is 0 Å². The summed E-state index contributed by atoms with van der Waals surface area (Å²) in [6, 6.07) is 4.49. The van der Waals surface area contributed by atoms with Crippen molar-refractivity contribution in [2.75, 3.05) is 25.0 Å². The summed E-state index contributed by atoms with van der Waals surface area (Å²) in [7, 11) is 0. The molecule has 0 aliphatic carbocycles. The lowest BCUT2D eigenvalue weighted by Gasteiger charge is -2.32. The van der Waals surface area contributed by atoms with Crippen LogP contribution in [-0.4, -0.2) is 25.6 Å². The molecule has 4 nitrogen and oxygen atoms in total. The maximum absolute atomic E-state index is 13.7. The van der Waals surface area contributed by atoms with Crippen molar-refractivity contribution < 1.29 is 13.9 Å². The maximum Gasteiger partial charge on any atom is 0.231 e. The average molecular weight is 280 g/mol. The molecule has 1 unspecified atom stereocenters. The maximum atomic E-state index is 13.7. The van der Waals surface area contributed by atoms with E-state index in [9.17, 15) is 9.18 Å². The van der Waals surface area contributed by atoms with Crippen LogP contribution in [0.25, 0.3) is 0 Å². The molecule has 1 aromatic rings. The molecule has 1 saturated heterocycles. The van der Waals surface area contributed by atoms with Crippen LogP contribution in [0.2, 0.25) is 0 Å². The second kappa shape index (κ2) is 6.22. The largest absolute Gasteiger partial charge is 0.491 e. The van der Waals surface area contributed by atoms with E-state index in [1.54, 1.807) is 13.0 Å². The van der Waals surface area contributed by atoms with Crippen molar-refractivity contribution in [2.24, 2.45) is 5.41 Å². The third-order valence-corrected chi connectivity index (χ3v) is 3.64. The van der Waals surface area contributed by atoms with Crippen molar-refractivity contribution in [2.45, 2.75) is 26.7 Å². The zero-order valence-corrected chi connectivity index (χ0v) is 12.0. The fraction of sp³-hybridized carbons (Fsp3) is 0.533. The topological polar surface area (TPSA) is 50.4 Å². The highest BCUT2D eigenvalue weighted by atomic mass is 19.1. The number of benzene rings is 1. The lowest BCUT2D eigenvalue weighted by atomic mass is 9.82. The average Bonchev–Trinajstić information content (AvgIpc) is 2.43. The normalized spacial score (nSPS) is 22.4. The third-order valence-electron chi connectivity index (χ3n) is 3.64. The zero-order valence-electron chi connectivity index (χ0n) is 12.0. The van der Waals surface area contributed by atoms with Crippen molar-refractivity contribution in [3.8, 4) is 5.75 Å². The molecule has 1 heterocycles. The highest BCUT2D eigenvalue weighted by molar-refractivity contribution is 5.95. The molecule has 1 atom stereocenters. The van der Waals surface area contributed by atoms with Gasteiger partial charge in [-0.05, 0) is 45.4 Å². The molecule has 0 saturated carbocycles. The fourth-order valence-electron chi connectivity index (χ4n) is 2.38. The zero-order chi connectivity index (χ0) is 14.6. The van der Waals surface area contributed by atoms with Crippen LogP contribution in [0.1, 0.15) is 26.7 Å². The molecular formula is C15H21FN2O2. The summed E-state index contributed by atoms with van der Waals surface area (Å²) in [6.07, 6.45) is 1.81. The highest BCUT2D eigenvalue weighted by Gasteiger charge is 2.34. The minimum atomic E-state index is -0.462. The van der Waals surface area contributed by atoms with Gasteiger partial charge in [0.2, 0.25) is 5.91 Å². The lowest BCUT2D eigenvalue weighted by Crippen LogP contribution is -2.46. The Balaban J connectivity index is 2.06. The molecule has 1 aliphatic rings. The van der Waals surface area contributed by atoms with Crippen molar-refractivity contribution >= 4 is 11.6 Å². The van der Waals surface area contributed by atoms with Crippen LogP contribution in [0.15, 0.2) is 18.2 Å². The summed E-state index contributed by atoms with van der Waals surface area (Å²) < 4.78 is 18.9. The SMILES string of the molecule is CCOc1ccc(NC(=O)C2(C)CCCNC2)cc1F. The molecule has 0 spiro atoms. The van der Waals surface area contributed by atoms with Crippen LogP contribution in [0.5, 0.6) is 5.75 Å². The summed E-state index contributed by atoms with van der Waals surface area (Å²) >= 11 is 0. The van der Waals surface area contributed by atoms with Crippen LogP contribution in [0, 0.1) is 11.2 Å². The van der Waals surface area contributed by atoms with E-state index in [2.05, 4.69) is 10.6 Å². The van der Waals surface area contributed by atoms with Gasteiger partial charge >= 0.3 is 0 Å². The van der Waals surface area contributed by atoms with Gasteiger partial charge in [0.15, 0.2) is 11.6 Å². The first-order valence-electron chi connectivity index (χ1n) is 7.00. The molecule has 20 heavy (non-hydrogen) atoms. The monoisotopic (exact) mass is 280 g/mol. The van der Waals surface area contributed by atoms with Crippen molar-refractivity contribution in [1.82, 2.24) is 5.32 Å². The number of anilines is 1. The molecule has 5 heteroatoms. The van der Waals surface area contributed by atoms with Gasteiger partial charge in [-0.25, -0.2) is 4.39 Å². The van der Waals surface area contributed by atoms with Gasteiger partial charge in [0.25, 0.3) is 0 Å². The molecule has 1 aromatic carbocycles. The second-order valence-corrected chi connectivity index (χ2v) is 5.37. The minimum Gasteiger partial charge on any atom is -0.491 e. The predicted molar refractivity (Wildman–Crippen MR) is 76.4 cm³/mol. The summed E-state index contributed by atoms with van der Waals surface area (Å²) in [5.41, 5.74) is 0.0237. The molecule has 0 radical (unpaired) electrons. The predicted octanol–water partition coefficient (Wildman–Crippen LogP) is 2.55. The number of rotatable bonds is 4. The Bertz CT molecular complexity index is 485. The Hall–Kier alpha value is -1.62. The number of halogens is 1. The molecule has 0 aromatic heterocycles. The van der Waals surface area contributed by atoms with E-state index in [1.165, 1.54) is 12.1 Å². The van der Waals surface area contributed by atoms with Crippen LogP contribution in [0.3, 0.4) is 0 Å². The number of carbonyl (C=O) groups excluding carboxylic acids is 1. The Morgan fingerprint density at radius 3 is 2.95 bits per heavy atom. The van der Waals surface area contributed by atoms with Crippen molar-refractivity contribution in [3.63, 3.8) is 0 Å². The Kier molecular flexibility index (Phi) is 4.60. The van der Waals surface area contributed by atoms with Gasteiger partial charge in [0.1, 0.15) is 0 Å². The van der Waals surface area contributed by atoms with Crippen molar-refractivity contribution in [3.05, 3.63) is 24.0 Å². The number of piperidine rings is 1. The summed E-state index contributed by atoms with van der Waals surface area (Å²) in [4.78, 5) is 12.3. The molecule has 2 N–H and O–H groups in total. The van der Waals surface area contributed by atoms with Crippen LogP contribution in [-0.2, 0) is 4.79 Å². The first-order chi connectivity index (χ1) is 9.55. The number of hydrogen-bond donors (Lipinski definition) is 2. The fourth-order valence-corrected chi connectivity index (χ4v) is 2.38. The molecule has 1 aliphatic heterocycles. The van der Waals surface area contributed by atoms with E-state index in [4.69, 9.17) is 4.74 Å². The summed E-state index contributed by atoms with van der Waals surface area (Å²) in [5, 5.41) is 6.01. The highest BCUT2D eigenvalue weighted by Crippen LogP contribution is 2.28. The minimum absolute atomic E-state index is 0.0757. The number of hydrogen-bond acceptors (Lipinski definition) is 3. The second-order valence-electron chi connectivity index (χ2n) is 5.37. The smallest absolute Gasteiger partial charge is 0.231 e. The lowest BCUT2D eigenvalue weighted by molar-refractivity contribution is -0.125. The van der Waals surface area contributed by atoms with Crippen molar-refractivity contribution in [1.29, 1.82) is 0 Å². The van der Waals surface area contributed by atoms with E-state index in [0.29, 0.717) is 18.8 Å². The van der Waals surface area contributed by atoms with E-state index in [1.807, 2.05) is 6.92 Å². The molecule has 1 fully saturated rings. The van der Waals surface area contributed by atoms with Gasteiger partial charge in [-0.1, -0.05) is 0 Å². The van der Waals surface area contributed by atoms with Gasteiger partial charge in [-0.3, -0.25) is 4.79 Å². The van der Waals surface area contributed by atoms with Gasteiger partial charge < -0.3 is 15.4 Å². The Labute approximate surface area is 118 Å². The number of amides is 1.